The van der Waals surface area contributed by atoms with Crippen molar-refractivity contribution in [1.29, 1.82) is 0 Å². The number of fused-ring (bicyclic) bond motifs is 3. The minimum absolute atomic E-state index is 0.0976. The number of hydrogen-bond acceptors (Lipinski definition) is 3. The molecule has 0 bridgehead atoms. The van der Waals surface area contributed by atoms with Crippen LogP contribution >= 0.6 is 11.3 Å². The van der Waals surface area contributed by atoms with E-state index in [1.165, 1.54) is 16.7 Å². The minimum Gasteiger partial charge on any atom is -0.481 e. The highest BCUT2D eigenvalue weighted by Crippen LogP contribution is 2.38. The van der Waals surface area contributed by atoms with Crippen LogP contribution in [-0.4, -0.2) is 15.6 Å². The third-order valence-electron chi connectivity index (χ3n) is 3.19. The van der Waals surface area contributed by atoms with Crippen LogP contribution in [-0.2, 0) is 17.8 Å². The molecule has 1 aliphatic rings. The fraction of sp³-hybridized carbons (Fsp3) is 0.231. The Hall–Kier alpha value is -1.95. The lowest BCUT2D eigenvalue weighted by Crippen LogP contribution is -2.16. The van der Waals surface area contributed by atoms with Crippen molar-refractivity contribution in [3.63, 3.8) is 0 Å². The predicted octanol–water partition coefficient (Wildman–Crippen LogP) is 2.09. The molecule has 0 saturated carbocycles. The number of hydrogen-bond donors (Lipinski definition) is 1. The summed E-state index contributed by atoms with van der Waals surface area (Å²) in [5, 5.41) is 8.72. The molecule has 0 spiro atoms. The highest BCUT2D eigenvalue weighted by Gasteiger charge is 2.25. The number of thiazole rings is 1. The van der Waals surface area contributed by atoms with Crippen LogP contribution in [0.5, 0.6) is 0 Å². The van der Waals surface area contributed by atoms with Crippen molar-refractivity contribution in [1.82, 2.24) is 4.57 Å². The standard InChI is InChI=1S/C13H10FNO3S/c14-8-1-2-9-7(5-8)6-10-12(9)15(13(18)19-10)4-3-11(16)17/h1-2,5H,3-4,6H2,(H,16,17). The Morgan fingerprint density at radius 1 is 1.47 bits per heavy atom. The second-order valence-corrected chi connectivity index (χ2v) is 5.46. The van der Waals surface area contributed by atoms with Gasteiger partial charge >= 0.3 is 10.8 Å². The molecule has 1 aromatic carbocycles. The monoisotopic (exact) mass is 279 g/mol. The van der Waals surface area contributed by atoms with Crippen molar-refractivity contribution in [2.45, 2.75) is 19.4 Å². The van der Waals surface area contributed by atoms with E-state index >= 15 is 0 Å². The van der Waals surface area contributed by atoms with E-state index < -0.39 is 5.97 Å². The van der Waals surface area contributed by atoms with Crippen LogP contribution < -0.4 is 4.87 Å². The van der Waals surface area contributed by atoms with Crippen molar-refractivity contribution >= 4 is 17.3 Å². The summed E-state index contributed by atoms with van der Waals surface area (Å²) in [5.41, 5.74) is 2.44. The van der Waals surface area contributed by atoms with Crippen LogP contribution in [0.2, 0.25) is 0 Å². The van der Waals surface area contributed by atoms with Crippen molar-refractivity contribution in [2.75, 3.05) is 0 Å². The van der Waals surface area contributed by atoms with E-state index in [-0.39, 0.29) is 23.7 Å². The summed E-state index contributed by atoms with van der Waals surface area (Å²) in [6.07, 6.45) is 0.446. The van der Waals surface area contributed by atoms with E-state index in [2.05, 4.69) is 0 Å². The molecule has 19 heavy (non-hydrogen) atoms. The first-order chi connectivity index (χ1) is 9.06. The van der Waals surface area contributed by atoms with Gasteiger partial charge in [0.1, 0.15) is 5.82 Å². The molecule has 0 unspecified atom stereocenters. The maximum atomic E-state index is 13.2. The molecule has 0 atom stereocenters. The van der Waals surface area contributed by atoms with E-state index in [1.807, 2.05) is 0 Å². The smallest absolute Gasteiger partial charge is 0.307 e. The molecule has 0 amide bonds. The Bertz CT molecular complexity index is 732. The van der Waals surface area contributed by atoms with Gasteiger partial charge in [-0.1, -0.05) is 11.3 Å². The predicted molar refractivity (Wildman–Crippen MR) is 69.0 cm³/mol. The van der Waals surface area contributed by atoms with Crippen molar-refractivity contribution < 1.29 is 14.3 Å². The summed E-state index contributed by atoms with van der Waals surface area (Å²) >= 11 is 1.11. The molecule has 1 N–H and O–H groups in total. The average Bonchev–Trinajstić information content (AvgIpc) is 2.80. The van der Waals surface area contributed by atoms with Gasteiger partial charge in [-0.15, -0.1) is 0 Å². The van der Waals surface area contributed by atoms with Gasteiger partial charge in [-0.25, -0.2) is 4.39 Å². The molecule has 2 aromatic rings. The minimum atomic E-state index is -0.941. The summed E-state index contributed by atoms with van der Waals surface area (Å²) < 4.78 is 14.7. The van der Waals surface area contributed by atoms with E-state index in [0.29, 0.717) is 6.42 Å². The average molecular weight is 279 g/mol. The van der Waals surface area contributed by atoms with E-state index in [1.54, 1.807) is 6.07 Å². The van der Waals surface area contributed by atoms with Crippen molar-refractivity contribution in [3.05, 3.63) is 44.1 Å². The summed E-state index contributed by atoms with van der Waals surface area (Å²) in [6, 6.07) is 4.48. The lowest BCUT2D eigenvalue weighted by Gasteiger charge is -2.06. The Labute approximate surface area is 111 Å². The fourth-order valence-corrected chi connectivity index (χ4v) is 3.44. The first kappa shape index (κ1) is 12.1. The Morgan fingerprint density at radius 2 is 2.26 bits per heavy atom. The van der Waals surface area contributed by atoms with Gasteiger partial charge in [-0.05, 0) is 23.8 Å². The van der Waals surface area contributed by atoms with Crippen LogP contribution in [0.15, 0.2) is 23.0 Å². The van der Waals surface area contributed by atoms with E-state index in [4.69, 9.17) is 5.11 Å². The maximum absolute atomic E-state index is 13.2. The van der Waals surface area contributed by atoms with Crippen LogP contribution in [0, 0.1) is 5.82 Å². The van der Waals surface area contributed by atoms with E-state index in [9.17, 15) is 14.0 Å². The molecule has 4 nitrogen and oxygen atoms in total. The number of nitrogens with zero attached hydrogens (tertiary/aromatic N) is 1. The first-order valence-corrected chi connectivity index (χ1v) is 6.61. The number of aromatic nitrogens is 1. The van der Waals surface area contributed by atoms with E-state index in [0.717, 1.165) is 33.0 Å². The van der Waals surface area contributed by atoms with Crippen LogP contribution in [0.4, 0.5) is 4.39 Å². The highest BCUT2D eigenvalue weighted by molar-refractivity contribution is 7.09. The van der Waals surface area contributed by atoms with Gasteiger partial charge in [0, 0.05) is 23.4 Å². The number of aliphatic carboxylic acids is 1. The molecule has 1 heterocycles. The SMILES string of the molecule is O=C(O)CCn1c2c(sc1=O)Cc1cc(F)ccc1-2. The highest BCUT2D eigenvalue weighted by atomic mass is 32.1. The lowest BCUT2D eigenvalue weighted by atomic mass is 10.1. The Balaban J connectivity index is 2.09. The quantitative estimate of drug-likeness (QED) is 0.798. The zero-order valence-corrected chi connectivity index (χ0v) is 10.7. The number of halogens is 1. The molecular formula is C13H10FNO3S. The first-order valence-electron chi connectivity index (χ1n) is 5.79. The topological polar surface area (TPSA) is 59.3 Å². The zero-order valence-electron chi connectivity index (χ0n) is 9.85. The second kappa shape index (κ2) is 4.31. The van der Waals surface area contributed by atoms with Gasteiger partial charge < -0.3 is 5.11 Å². The third-order valence-corrected chi connectivity index (χ3v) is 4.17. The van der Waals surface area contributed by atoms with Crippen LogP contribution in [0.3, 0.4) is 0 Å². The third kappa shape index (κ3) is 1.98. The molecule has 6 heteroatoms. The molecule has 0 saturated heterocycles. The molecule has 3 rings (SSSR count). The lowest BCUT2D eigenvalue weighted by molar-refractivity contribution is -0.137. The number of carboxylic acids is 1. The number of benzene rings is 1. The van der Waals surface area contributed by atoms with Gasteiger partial charge in [0.15, 0.2) is 0 Å². The normalized spacial score (nSPS) is 12.3. The Kier molecular flexibility index (Phi) is 2.74. The van der Waals surface area contributed by atoms with Crippen LogP contribution in [0.1, 0.15) is 16.9 Å². The Morgan fingerprint density at radius 3 is 3.00 bits per heavy atom. The maximum Gasteiger partial charge on any atom is 0.307 e. The van der Waals surface area contributed by atoms with Gasteiger partial charge in [-0.2, -0.15) is 0 Å². The van der Waals surface area contributed by atoms with Crippen molar-refractivity contribution in [2.24, 2.45) is 0 Å². The summed E-state index contributed by atoms with van der Waals surface area (Å²) in [5.74, 6) is -1.24. The van der Waals surface area contributed by atoms with Gasteiger partial charge in [0.2, 0.25) is 0 Å². The second-order valence-electron chi connectivity index (χ2n) is 4.41. The molecule has 0 aliphatic heterocycles. The molecular weight excluding hydrogens is 269 g/mol. The van der Waals surface area contributed by atoms with Crippen molar-refractivity contribution in [3.8, 4) is 11.3 Å². The summed E-state index contributed by atoms with van der Waals surface area (Å²) in [7, 11) is 0. The number of rotatable bonds is 3. The van der Waals surface area contributed by atoms with Gasteiger partial charge in [-0.3, -0.25) is 14.2 Å². The fourth-order valence-electron chi connectivity index (χ4n) is 2.39. The summed E-state index contributed by atoms with van der Waals surface area (Å²) in [4.78, 5) is 23.2. The molecule has 0 fully saturated rings. The van der Waals surface area contributed by atoms with Gasteiger partial charge in [0.25, 0.3) is 0 Å². The number of carbonyl (C=O) groups is 1. The molecule has 1 aliphatic carbocycles. The zero-order chi connectivity index (χ0) is 13.6. The molecule has 98 valence electrons. The van der Waals surface area contributed by atoms with Gasteiger partial charge in [0.05, 0.1) is 12.1 Å². The number of carboxylic acid groups (broad SMARTS) is 1. The van der Waals surface area contributed by atoms with Crippen LogP contribution in [0.25, 0.3) is 11.3 Å². The summed E-state index contributed by atoms with van der Waals surface area (Å²) in [6.45, 7) is 0.150. The largest absolute Gasteiger partial charge is 0.481 e. The molecule has 0 radical (unpaired) electrons. The molecule has 1 aromatic heterocycles.